The van der Waals surface area contributed by atoms with Crippen LogP contribution in [0.4, 0.5) is 4.39 Å². The van der Waals surface area contributed by atoms with Crippen LogP contribution in [0.15, 0.2) is 95.0 Å². The van der Waals surface area contributed by atoms with Gasteiger partial charge in [-0.15, -0.1) is 0 Å². The summed E-state index contributed by atoms with van der Waals surface area (Å²) in [7, 11) is -3.92. The lowest BCUT2D eigenvalue weighted by Gasteiger charge is -2.08. The molecule has 27 heavy (non-hydrogen) atoms. The molecular weight excluding hydrogens is 365 g/mol. The number of rotatable bonds is 3. The second kappa shape index (κ2) is 6.48. The Morgan fingerprint density at radius 1 is 0.778 bits per heavy atom. The van der Waals surface area contributed by atoms with Crippen molar-refractivity contribution in [3.63, 3.8) is 0 Å². The molecule has 0 saturated heterocycles. The number of hydrogen-bond acceptors (Lipinski definition) is 3. The molecule has 4 nitrogen and oxygen atoms in total. The van der Waals surface area contributed by atoms with E-state index in [-0.39, 0.29) is 15.7 Å². The zero-order valence-corrected chi connectivity index (χ0v) is 14.9. The first kappa shape index (κ1) is 17.2. The minimum absolute atomic E-state index is 0.0559. The number of halogens is 1. The predicted molar refractivity (Wildman–Crippen MR) is 100 cm³/mol. The summed E-state index contributed by atoms with van der Waals surface area (Å²) in [4.78, 5) is 0.0559. The van der Waals surface area contributed by atoms with E-state index in [0.717, 1.165) is 28.1 Å². The lowest BCUT2D eigenvalue weighted by molar-refractivity contribution is -0.646. The van der Waals surface area contributed by atoms with Crippen molar-refractivity contribution >= 4 is 20.6 Å². The molecule has 3 aromatic carbocycles. The highest BCUT2D eigenvalue weighted by molar-refractivity contribution is 7.91. The van der Waals surface area contributed by atoms with Crippen LogP contribution >= 0.6 is 0 Å². The average molecular weight is 379 g/mol. The summed E-state index contributed by atoms with van der Waals surface area (Å²) >= 11 is 0. The van der Waals surface area contributed by atoms with Gasteiger partial charge in [-0.05, 0) is 58.3 Å². The number of pyridine rings is 1. The van der Waals surface area contributed by atoms with Crippen LogP contribution in [0.1, 0.15) is 0 Å². The van der Waals surface area contributed by atoms with Gasteiger partial charge in [0.15, 0.2) is 6.20 Å². The second-order valence-corrected chi connectivity index (χ2v) is 8.00. The predicted octanol–water partition coefficient (Wildman–Crippen LogP) is 4.11. The van der Waals surface area contributed by atoms with Crippen molar-refractivity contribution in [2.45, 2.75) is 9.92 Å². The van der Waals surface area contributed by atoms with Crippen LogP contribution in [0.5, 0.6) is 0 Å². The molecule has 0 radical (unpaired) electrons. The molecule has 0 saturated carbocycles. The van der Waals surface area contributed by atoms with Crippen LogP contribution < -0.4 is 4.73 Å². The first-order valence-electron chi connectivity index (χ1n) is 8.18. The van der Waals surface area contributed by atoms with Gasteiger partial charge in [-0.1, -0.05) is 30.3 Å². The van der Waals surface area contributed by atoms with E-state index in [2.05, 4.69) is 0 Å². The van der Waals surface area contributed by atoms with E-state index in [1.165, 1.54) is 36.4 Å². The molecule has 0 aliphatic rings. The summed E-state index contributed by atoms with van der Waals surface area (Å²) in [5.41, 5.74) is 1.77. The van der Waals surface area contributed by atoms with Gasteiger partial charge in [0.1, 0.15) is 5.82 Å². The largest absolute Gasteiger partial charge is 0.618 e. The summed E-state index contributed by atoms with van der Waals surface area (Å²) in [5, 5.41) is 13.1. The van der Waals surface area contributed by atoms with E-state index in [0.29, 0.717) is 4.73 Å². The van der Waals surface area contributed by atoms with Gasteiger partial charge in [0.05, 0.1) is 4.90 Å². The maximum Gasteiger partial charge on any atom is 0.313 e. The Hall–Kier alpha value is -3.25. The van der Waals surface area contributed by atoms with Crippen molar-refractivity contribution < 1.29 is 17.5 Å². The third kappa shape index (κ3) is 3.15. The van der Waals surface area contributed by atoms with E-state index >= 15 is 0 Å². The molecule has 0 N–H and O–H groups in total. The van der Waals surface area contributed by atoms with Crippen LogP contribution in [-0.4, -0.2) is 8.42 Å². The zero-order chi connectivity index (χ0) is 19.0. The standard InChI is InChI=1S/C21H14FNO3S/c22-19-9-6-15(7-10-19)16-4-5-18-14-20(11-8-17(18)13-16)27(25,26)21-3-1-2-12-23(21)24/h1-14H. The number of benzene rings is 3. The van der Waals surface area contributed by atoms with Crippen LogP contribution in [-0.2, 0) is 9.84 Å². The first-order chi connectivity index (χ1) is 12.9. The third-order valence-electron chi connectivity index (χ3n) is 4.36. The molecule has 1 heterocycles. The highest BCUT2D eigenvalue weighted by atomic mass is 32.2. The third-order valence-corrected chi connectivity index (χ3v) is 6.10. The lowest BCUT2D eigenvalue weighted by atomic mass is 10.0. The van der Waals surface area contributed by atoms with Crippen molar-refractivity contribution in [1.82, 2.24) is 0 Å². The maximum absolute atomic E-state index is 13.1. The summed E-state index contributed by atoms with van der Waals surface area (Å²) in [6.07, 6.45) is 1.16. The molecule has 0 spiro atoms. The van der Waals surface area contributed by atoms with Crippen molar-refractivity contribution in [2.24, 2.45) is 0 Å². The second-order valence-electron chi connectivity index (χ2n) is 6.10. The molecule has 4 rings (SSSR count). The summed E-state index contributed by atoms with van der Waals surface area (Å²) in [6, 6.07) is 20.8. The molecule has 0 fully saturated rings. The molecule has 0 atom stereocenters. The lowest BCUT2D eigenvalue weighted by Crippen LogP contribution is -2.33. The van der Waals surface area contributed by atoms with Gasteiger partial charge >= 0.3 is 5.03 Å². The van der Waals surface area contributed by atoms with Crippen LogP contribution in [0.2, 0.25) is 0 Å². The van der Waals surface area contributed by atoms with Crippen LogP contribution in [0, 0.1) is 11.0 Å². The molecule has 6 heteroatoms. The van der Waals surface area contributed by atoms with Crippen LogP contribution in [0.3, 0.4) is 0 Å². The van der Waals surface area contributed by atoms with E-state index in [1.54, 1.807) is 24.3 Å². The summed E-state index contributed by atoms with van der Waals surface area (Å²) in [6.45, 7) is 0. The molecule has 0 amide bonds. The van der Waals surface area contributed by atoms with Gasteiger partial charge in [0.25, 0.3) is 9.84 Å². The van der Waals surface area contributed by atoms with Gasteiger partial charge < -0.3 is 5.21 Å². The fourth-order valence-electron chi connectivity index (χ4n) is 2.95. The van der Waals surface area contributed by atoms with E-state index in [4.69, 9.17) is 0 Å². The SMILES string of the molecule is O=S(=O)(c1ccc2cc(-c3ccc(F)cc3)ccc2c1)c1cccc[n+]1[O-]. The minimum atomic E-state index is -3.92. The Bertz CT molecular complexity index is 1250. The van der Waals surface area contributed by atoms with Crippen molar-refractivity contribution in [2.75, 3.05) is 0 Å². The molecule has 1 aromatic heterocycles. The smallest absolute Gasteiger partial charge is 0.313 e. The average Bonchev–Trinajstić information content (AvgIpc) is 2.68. The molecular formula is C21H14FNO3S. The molecule has 0 aliphatic carbocycles. The minimum Gasteiger partial charge on any atom is -0.618 e. The Morgan fingerprint density at radius 2 is 1.44 bits per heavy atom. The summed E-state index contributed by atoms with van der Waals surface area (Å²) < 4.78 is 39.0. The molecule has 0 unspecified atom stereocenters. The Kier molecular flexibility index (Phi) is 4.12. The molecule has 0 bridgehead atoms. The maximum atomic E-state index is 13.1. The molecule has 134 valence electrons. The Balaban J connectivity index is 1.78. The number of fused-ring (bicyclic) bond motifs is 1. The normalized spacial score (nSPS) is 11.6. The van der Waals surface area contributed by atoms with Gasteiger partial charge in [-0.25, -0.2) is 12.8 Å². The van der Waals surface area contributed by atoms with Crippen LogP contribution in [0.25, 0.3) is 21.9 Å². The van der Waals surface area contributed by atoms with Gasteiger partial charge in [-0.3, -0.25) is 0 Å². The van der Waals surface area contributed by atoms with E-state index in [1.807, 2.05) is 18.2 Å². The number of nitrogens with zero attached hydrogens (tertiary/aromatic N) is 1. The fraction of sp³-hybridized carbons (Fsp3) is 0. The van der Waals surface area contributed by atoms with Gasteiger partial charge in [-0.2, -0.15) is 4.73 Å². The first-order valence-corrected chi connectivity index (χ1v) is 9.66. The van der Waals surface area contributed by atoms with E-state index < -0.39 is 9.84 Å². The molecule has 4 aromatic rings. The van der Waals surface area contributed by atoms with E-state index in [9.17, 15) is 18.0 Å². The van der Waals surface area contributed by atoms with Crippen molar-refractivity contribution in [1.29, 1.82) is 0 Å². The highest BCUT2D eigenvalue weighted by Gasteiger charge is 2.25. The van der Waals surface area contributed by atoms with Crippen molar-refractivity contribution in [3.8, 4) is 11.1 Å². The topological polar surface area (TPSA) is 61.1 Å². The number of sulfone groups is 1. The monoisotopic (exact) mass is 379 g/mol. The Labute approximate surface area is 155 Å². The number of aromatic nitrogens is 1. The quantitative estimate of drug-likeness (QED) is 0.397. The molecule has 0 aliphatic heterocycles. The van der Waals surface area contributed by atoms with Crippen molar-refractivity contribution in [3.05, 3.63) is 96.1 Å². The fourth-order valence-corrected chi connectivity index (χ4v) is 4.28. The number of hydrogen-bond donors (Lipinski definition) is 0. The highest BCUT2D eigenvalue weighted by Crippen LogP contribution is 2.28. The summed E-state index contributed by atoms with van der Waals surface area (Å²) in [5.74, 6) is -0.300. The van der Waals surface area contributed by atoms with Gasteiger partial charge in [0.2, 0.25) is 0 Å². The zero-order valence-electron chi connectivity index (χ0n) is 14.0. The Morgan fingerprint density at radius 3 is 2.19 bits per heavy atom. The van der Waals surface area contributed by atoms with Gasteiger partial charge in [0, 0.05) is 12.1 Å².